The quantitative estimate of drug-likeness (QED) is 0.938. The van der Waals surface area contributed by atoms with Gasteiger partial charge in [0.05, 0.1) is 12.1 Å². The lowest BCUT2D eigenvalue weighted by atomic mass is 10.1. The van der Waals surface area contributed by atoms with E-state index in [1.54, 1.807) is 38.2 Å². The van der Waals surface area contributed by atoms with Crippen LogP contribution in [0.15, 0.2) is 24.3 Å². The van der Waals surface area contributed by atoms with Crippen molar-refractivity contribution in [2.75, 3.05) is 11.9 Å². The van der Waals surface area contributed by atoms with Gasteiger partial charge in [-0.05, 0) is 36.2 Å². The Balaban J connectivity index is 2.20. The van der Waals surface area contributed by atoms with E-state index >= 15 is 0 Å². The zero-order valence-electron chi connectivity index (χ0n) is 11.5. The van der Waals surface area contributed by atoms with Crippen molar-refractivity contribution < 1.29 is 14.7 Å². The Morgan fingerprint density at radius 2 is 1.95 bits per heavy atom. The van der Waals surface area contributed by atoms with Gasteiger partial charge in [0.15, 0.2) is 0 Å². The third-order valence-electron chi connectivity index (χ3n) is 3.01. The van der Waals surface area contributed by atoms with Gasteiger partial charge in [0.25, 0.3) is 0 Å². The maximum Gasteiger partial charge on any atom is 0.340 e. The van der Waals surface area contributed by atoms with Crippen molar-refractivity contribution in [3.05, 3.63) is 46.1 Å². The number of benzene rings is 1. The number of amides is 1. The number of nitrogens with zero attached hydrogens (tertiary/aromatic N) is 2. The zero-order valence-corrected chi connectivity index (χ0v) is 13.0. The van der Waals surface area contributed by atoms with Gasteiger partial charge in [0.1, 0.15) is 10.6 Å². The molecule has 1 N–H and O–H groups in total. The first-order chi connectivity index (χ1) is 9.90. The molecule has 1 amide bonds. The minimum Gasteiger partial charge on any atom is -0.478 e. The van der Waals surface area contributed by atoms with Crippen LogP contribution in [0.25, 0.3) is 0 Å². The monoisotopic (exact) mass is 324 g/mol. The molecule has 0 unspecified atom stereocenters. The molecule has 1 aromatic carbocycles. The summed E-state index contributed by atoms with van der Waals surface area (Å²) < 4.78 is 4.01. The summed E-state index contributed by atoms with van der Waals surface area (Å²) in [5, 5.41) is 10.1. The topological polar surface area (TPSA) is 70.5 Å². The molecule has 21 heavy (non-hydrogen) atoms. The lowest BCUT2D eigenvalue weighted by Crippen LogP contribution is -2.28. The molecule has 0 spiro atoms. The van der Waals surface area contributed by atoms with E-state index in [-0.39, 0.29) is 17.9 Å². The van der Waals surface area contributed by atoms with E-state index in [1.807, 2.05) is 0 Å². The van der Waals surface area contributed by atoms with Crippen molar-refractivity contribution in [3.8, 4) is 0 Å². The number of carbonyl (C=O) groups is 2. The minimum atomic E-state index is -1.08. The van der Waals surface area contributed by atoms with Crippen LogP contribution >= 0.6 is 23.1 Å². The fourth-order valence-corrected chi connectivity index (χ4v) is 2.83. The number of rotatable bonds is 4. The Bertz CT molecular complexity index is 682. The number of aryl methyl sites for hydroxylation is 1. The van der Waals surface area contributed by atoms with Crippen molar-refractivity contribution in [3.63, 3.8) is 0 Å². The van der Waals surface area contributed by atoms with Crippen molar-refractivity contribution in [2.45, 2.75) is 13.3 Å². The molecule has 0 aliphatic heterocycles. The summed E-state index contributed by atoms with van der Waals surface area (Å²) in [6.07, 6.45) is 0.170. The van der Waals surface area contributed by atoms with Crippen LogP contribution < -0.4 is 4.90 Å². The summed E-state index contributed by atoms with van der Waals surface area (Å²) in [4.78, 5) is 24.8. The van der Waals surface area contributed by atoms with Crippen LogP contribution in [-0.2, 0) is 11.2 Å². The first-order valence-electron chi connectivity index (χ1n) is 6.10. The summed E-state index contributed by atoms with van der Waals surface area (Å²) in [7, 11) is 1.55. The van der Waals surface area contributed by atoms with Gasteiger partial charge in [0, 0.05) is 12.1 Å². The Labute approximate surface area is 130 Å². The summed E-state index contributed by atoms with van der Waals surface area (Å²) >= 11 is 6.80. The SMILES string of the molecule is Cc1nsc(N(C)C(=O)Cc2ccc(Cl)cc2)c1C(=O)O. The Morgan fingerprint density at radius 3 is 2.52 bits per heavy atom. The molecule has 0 saturated carbocycles. The van der Waals surface area contributed by atoms with Gasteiger partial charge in [-0.3, -0.25) is 4.79 Å². The molecular formula is C14H13ClN2O3S. The third-order valence-corrected chi connectivity index (χ3v) is 4.27. The molecule has 110 valence electrons. The number of aromatic nitrogens is 1. The summed E-state index contributed by atoms with van der Waals surface area (Å²) in [6, 6.07) is 6.96. The van der Waals surface area contributed by atoms with Crippen LogP contribution in [0.2, 0.25) is 5.02 Å². The zero-order chi connectivity index (χ0) is 15.6. The second-order valence-electron chi connectivity index (χ2n) is 4.51. The van der Waals surface area contributed by atoms with Gasteiger partial charge in [-0.15, -0.1) is 0 Å². The molecule has 2 rings (SSSR count). The normalized spacial score (nSPS) is 10.4. The fourth-order valence-electron chi connectivity index (χ4n) is 1.84. The van der Waals surface area contributed by atoms with Crippen LogP contribution in [0.5, 0.6) is 0 Å². The van der Waals surface area contributed by atoms with Gasteiger partial charge >= 0.3 is 5.97 Å². The molecule has 1 aromatic heterocycles. The third kappa shape index (κ3) is 3.40. The van der Waals surface area contributed by atoms with Crippen LogP contribution in [0.4, 0.5) is 5.00 Å². The maximum absolute atomic E-state index is 12.3. The lowest BCUT2D eigenvalue weighted by molar-refractivity contribution is -0.117. The molecule has 0 radical (unpaired) electrons. The van der Waals surface area contributed by atoms with Gasteiger partial charge in [-0.2, -0.15) is 4.37 Å². The van der Waals surface area contributed by atoms with Crippen molar-refractivity contribution in [1.82, 2.24) is 4.37 Å². The summed E-state index contributed by atoms with van der Waals surface area (Å²) in [5.41, 5.74) is 1.30. The molecule has 0 aliphatic rings. The Morgan fingerprint density at radius 1 is 1.33 bits per heavy atom. The number of halogens is 1. The van der Waals surface area contributed by atoms with E-state index in [0.29, 0.717) is 15.7 Å². The number of aromatic carboxylic acids is 1. The molecule has 0 fully saturated rings. The molecule has 0 bridgehead atoms. The molecule has 0 atom stereocenters. The number of hydrogen-bond acceptors (Lipinski definition) is 4. The van der Waals surface area contributed by atoms with Gasteiger partial charge in [-0.1, -0.05) is 23.7 Å². The second-order valence-corrected chi connectivity index (χ2v) is 5.70. The Hall–Kier alpha value is -1.92. The summed E-state index contributed by atoms with van der Waals surface area (Å²) in [5.74, 6) is -1.29. The van der Waals surface area contributed by atoms with Crippen molar-refractivity contribution in [1.29, 1.82) is 0 Å². The van der Waals surface area contributed by atoms with Crippen molar-refractivity contribution in [2.24, 2.45) is 0 Å². The van der Waals surface area contributed by atoms with E-state index < -0.39 is 5.97 Å². The van der Waals surface area contributed by atoms with E-state index in [4.69, 9.17) is 11.6 Å². The minimum absolute atomic E-state index is 0.0759. The van der Waals surface area contributed by atoms with E-state index in [1.165, 1.54) is 4.90 Å². The van der Waals surface area contributed by atoms with Crippen molar-refractivity contribution >= 4 is 40.0 Å². The summed E-state index contributed by atoms with van der Waals surface area (Å²) in [6.45, 7) is 1.61. The molecule has 2 aromatic rings. The number of hydrogen-bond donors (Lipinski definition) is 1. The smallest absolute Gasteiger partial charge is 0.340 e. The van der Waals surface area contributed by atoms with E-state index in [0.717, 1.165) is 17.1 Å². The molecule has 1 heterocycles. The van der Waals surface area contributed by atoms with E-state index in [2.05, 4.69) is 4.37 Å². The van der Waals surface area contributed by atoms with Gasteiger partial charge in [0.2, 0.25) is 5.91 Å². The predicted octanol–water partition coefficient (Wildman–Crippen LogP) is 3.01. The van der Waals surface area contributed by atoms with E-state index in [9.17, 15) is 14.7 Å². The predicted molar refractivity (Wildman–Crippen MR) is 82.4 cm³/mol. The van der Waals surface area contributed by atoms with Crippen LogP contribution in [0.3, 0.4) is 0 Å². The standard InChI is InChI=1S/C14H13ClN2O3S/c1-8-12(14(19)20)13(21-16-8)17(2)11(18)7-9-3-5-10(15)6-4-9/h3-6H,7H2,1-2H3,(H,19,20). The average molecular weight is 325 g/mol. The largest absolute Gasteiger partial charge is 0.478 e. The Kier molecular flexibility index (Phi) is 4.59. The van der Waals surface area contributed by atoms with Gasteiger partial charge in [-0.25, -0.2) is 4.79 Å². The van der Waals surface area contributed by atoms with Gasteiger partial charge < -0.3 is 10.0 Å². The van der Waals surface area contributed by atoms with Crippen LogP contribution in [0, 0.1) is 6.92 Å². The lowest BCUT2D eigenvalue weighted by Gasteiger charge is -2.15. The highest BCUT2D eigenvalue weighted by Crippen LogP contribution is 2.28. The molecule has 0 aliphatic carbocycles. The highest BCUT2D eigenvalue weighted by Gasteiger charge is 2.23. The number of carbonyl (C=O) groups excluding carboxylic acids is 1. The second kappa shape index (κ2) is 6.24. The highest BCUT2D eigenvalue weighted by molar-refractivity contribution is 7.11. The number of carboxylic acid groups (broad SMARTS) is 1. The molecule has 0 saturated heterocycles. The first kappa shape index (κ1) is 15.5. The first-order valence-corrected chi connectivity index (χ1v) is 7.26. The highest BCUT2D eigenvalue weighted by atomic mass is 35.5. The number of carboxylic acids is 1. The number of likely N-dealkylation sites (N-methyl/N-ethyl adjacent to an activating group) is 1. The fraction of sp³-hybridized carbons (Fsp3) is 0.214. The average Bonchev–Trinajstić information content (AvgIpc) is 2.82. The van der Waals surface area contributed by atoms with Crippen LogP contribution in [0.1, 0.15) is 21.6 Å². The maximum atomic E-state index is 12.3. The van der Waals surface area contributed by atoms with Crippen LogP contribution in [-0.4, -0.2) is 28.4 Å². The molecular weight excluding hydrogens is 312 g/mol. The molecule has 7 heteroatoms. The molecule has 5 nitrogen and oxygen atoms in total. The number of anilines is 1.